The number of halogens is 2. The summed E-state index contributed by atoms with van der Waals surface area (Å²) in [6.45, 7) is 0.845. The van der Waals surface area contributed by atoms with Gasteiger partial charge in [-0.1, -0.05) is 31.2 Å². The Bertz CT molecular complexity index is 1410. The Morgan fingerprint density at radius 2 is 1.83 bits per heavy atom. The normalized spacial score (nSPS) is 13.7. The van der Waals surface area contributed by atoms with Crippen LogP contribution in [0.25, 0.3) is 27.7 Å². The van der Waals surface area contributed by atoms with Gasteiger partial charge in [-0.2, -0.15) is 0 Å². The number of alkyl halides is 2. The van der Waals surface area contributed by atoms with Crippen LogP contribution in [0.3, 0.4) is 0 Å². The molecule has 0 atom stereocenters. The minimum atomic E-state index is -2.88. The maximum atomic E-state index is 13.8. The van der Waals surface area contributed by atoms with Crippen LogP contribution in [0.5, 0.6) is 5.75 Å². The van der Waals surface area contributed by atoms with E-state index >= 15 is 0 Å². The van der Waals surface area contributed by atoms with Gasteiger partial charge in [0.2, 0.25) is 5.95 Å². The van der Waals surface area contributed by atoms with Crippen LogP contribution in [0.15, 0.2) is 65.7 Å². The zero-order valence-corrected chi connectivity index (χ0v) is 19.6. The molecule has 2 heterocycles. The maximum Gasteiger partial charge on any atom is 0.265 e. The SMILES string of the molecule is CCC(F)(F)CNc1ncc2cn(-c3ccc(OC)cc3)c(=O)c(-c3ccc(C4CC4)cc3)c2n1. The lowest BCUT2D eigenvalue weighted by atomic mass is 10.0. The number of ether oxygens (including phenoxy) is 1. The predicted molar refractivity (Wildman–Crippen MR) is 133 cm³/mol. The number of aromatic nitrogens is 3. The quantitative estimate of drug-likeness (QED) is 0.349. The zero-order valence-electron chi connectivity index (χ0n) is 19.6. The average Bonchev–Trinajstić information content (AvgIpc) is 3.73. The molecular weight excluding hydrogens is 450 g/mol. The number of benzene rings is 2. The van der Waals surface area contributed by atoms with Crippen LogP contribution in [0.1, 0.15) is 37.7 Å². The molecule has 0 unspecified atom stereocenters. The van der Waals surface area contributed by atoms with Crippen molar-refractivity contribution < 1.29 is 13.5 Å². The molecule has 0 amide bonds. The maximum absolute atomic E-state index is 13.8. The Morgan fingerprint density at radius 3 is 2.46 bits per heavy atom. The van der Waals surface area contributed by atoms with E-state index in [1.54, 1.807) is 48.3 Å². The minimum Gasteiger partial charge on any atom is -0.497 e. The van der Waals surface area contributed by atoms with Gasteiger partial charge in [0.25, 0.3) is 11.5 Å². The van der Waals surface area contributed by atoms with Crippen LogP contribution >= 0.6 is 0 Å². The number of pyridine rings is 1. The van der Waals surface area contributed by atoms with Crippen LogP contribution in [0.2, 0.25) is 0 Å². The number of methoxy groups -OCH3 is 1. The molecule has 0 spiro atoms. The number of nitrogens with one attached hydrogen (secondary N) is 1. The van der Waals surface area contributed by atoms with Crippen molar-refractivity contribution in [1.82, 2.24) is 14.5 Å². The summed E-state index contributed by atoms with van der Waals surface area (Å²) < 4.78 is 34.4. The molecule has 8 heteroatoms. The second-order valence-corrected chi connectivity index (χ2v) is 8.83. The lowest BCUT2D eigenvalue weighted by Gasteiger charge is -2.16. The summed E-state index contributed by atoms with van der Waals surface area (Å²) in [7, 11) is 1.58. The van der Waals surface area contributed by atoms with Gasteiger partial charge in [-0.25, -0.2) is 18.7 Å². The van der Waals surface area contributed by atoms with Crippen molar-refractivity contribution in [1.29, 1.82) is 0 Å². The smallest absolute Gasteiger partial charge is 0.265 e. The molecule has 1 fully saturated rings. The van der Waals surface area contributed by atoms with Crippen LogP contribution in [-0.2, 0) is 0 Å². The Labute approximate surface area is 201 Å². The van der Waals surface area contributed by atoms with E-state index in [1.807, 2.05) is 24.3 Å². The lowest BCUT2D eigenvalue weighted by Crippen LogP contribution is -2.27. The topological polar surface area (TPSA) is 69.0 Å². The fourth-order valence-corrected chi connectivity index (χ4v) is 4.06. The van der Waals surface area contributed by atoms with E-state index in [2.05, 4.69) is 15.3 Å². The predicted octanol–water partition coefficient (Wildman–Crippen LogP) is 5.79. The van der Waals surface area contributed by atoms with Gasteiger partial charge in [-0.3, -0.25) is 9.36 Å². The number of anilines is 1. The fraction of sp³-hybridized carbons (Fsp3) is 0.296. The molecule has 0 bridgehead atoms. The highest BCUT2D eigenvalue weighted by atomic mass is 19.3. The molecule has 1 aliphatic rings. The van der Waals surface area contributed by atoms with Gasteiger partial charge < -0.3 is 10.1 Å². The van der Waals surface area contributed by atoms with E-state index in [-0.39, 0.29) is 17.9 Å². The molecule has 4 aromatic rings. The minimum absolute atomic E-state index is 0.0584. The largest absolute Gasteiger partial charge is 0.497 e. The number of hydrogen-bond acceptors (Lipinski definition) is 5. The third-order valence-corrected chi connectivity index (χ3v) is 6.38. The van der Waals surface area contributed by atoms with E-state index in [1.165, 1.54) is 25.3 Å². The summed E-state index contributed by atoms with van der Waals surface area (Å²) in [5, 5.41) is 3.24. The first-order valence-corrected chi connectivity index (χ1v) is 11.7. The van der Waals surface area contributed by atoms with Gasteiger partial charge in [0.05, 0.1) is 24.7 Å². The Balaban J connectivity index is 1.65. The third kappa shape index (κ3) is 4.73. The van der Waals surface area contributed by atoms with Crippen molar-refractivity contribution in [3.63, 3.8) is 0 Å². The summed E-state index contributed by atoms with van der Waals surface area (Å²) in [6.07, 6.45) is 5.30. The first-order valence-electron chi connectivity index (χ1n) is 11.7. The van der Waals surface area contributed by atoms with Gasteiger partial charge in [0.15, 0.2) is 0 Å². The second-order valence-electron chi connectivity index (χ2n) is 8.83. The highest BCUT2D eigenvalue weighted by Gasteiger charge is 2.26. The molecule has 2 aromatic carbocycles. The van der Waals surface area contributed by atoms with E-state index in [9.17, 15) is 13.6 Å². The molecule has 1 saturated carbocycles. The van der Waals surface area contributed by atoms with E-state index in [0.717, 1.165) is 5.56 Å². The van der Waals surface area contributed by atoms with E-state index in [4.69, 9.17) is 4.74 Å². The molecule has 180 valence electrons. The standard InChI is InChI=1S/C27H26F2N4O2/c1-3-27(28,29)16-31-26-30-14-20-15-33(21-10-12-22(35-2)13-11-21)25(34)23(24(20)32-26)19-8-6-18(7-9-19)17-4-5-17/h6-15,17H,3-5,16H2,1-2H3,(H,31,32). The van der Waals surface area contributed by atoms with Gasteiger partial charge in [0, 0.05) is 29.9 Å². The van der Waals surface area contributed by atoms with Crippen LogP contribution < -0.4 is 15.6 Å². The number of fused-ring (bicyclic) bond motifs is 1. The van der Waals surface area contributed by atoms with Crippen molar-refractivity contribution >= 4 is 16.9 Å². The first kappa shape index (κ1) is 23.0. The Kier molecular flexibility index (Phi) is 5.96. The Morgan fingerprint density at radius 1 is 1.11 bits per heavy atom. The summed E-state index contributed by atoms with van der Waals surface area (Å²) >= 11 is 0. The van der Waals surface area contributed by atoms with Crippen molar-refractivity contribution in [2.45, 2.75) is 38.0 Å². The molecule has 0 aliphatic heterocycles. The van der Waals surface area contributed by atoms with E-state index in [0.29, 0.717) is 33.8 Å². The second kappa shape index (κ2) is 9.09. The van der Waals surface area contributed by atoms with Crippen molar-refractivity contribution in [3.8, 4) is 22.6 Å². The molecule has 0 radical (unpaired) electrons. The van der Waals surface area contributed by atoms with Crippen LogP contribution in [0, 0.1) is 0 Å². The van der Waals surface area contributed by atoms with Crippen molar-refractivity contribution in [3.05, 3.63) is 76.8 Å². The molecule has 1 aliphatic carbocycles. The molecule has 1 N–H and O–H groups in total. The highest BCUT2D eigenvalue weighted by molar-refractivity contribution is 5.93. The van der Waals surface area contributed by atoms with Crippen LogP contribution in [-0.4, -0.2) is 34.1 Å². The van der Waals surface area contributed by atoms with Gasteiger partial charge in [-0.05, 0) is 54.2 Å². The third-order valence-electron chi connectivity index (χ3n) is 6.38. The van der Waals surface area contributed by atoms with Gasteiger partial charge in [-0.15, -0.1) is 0 Å². The average molecular weight is 477 g/mol. The monoisotopic (exact) mass is 476 g/mol. The number of hydrogen-bond donors (Lipinski definition) is 1. The Hall–Kier alpha value is -3.81. The first-order chi connectivity index (χ1) is 16.9. The van der Waals surface area contributed by atoms with Gasteiger partial charge in [0.1, 0.15) is 5.75 Å². The molecular formula is C27H26F2N4O2. The van der Waals surface area contributed by atoms with Crippen molar-refractivity contribution in [2.24, 2.45) is 0 Å². The zero-order chi connectivity index (χ0) is 24.6. The van der Waals surface area contributed by atoms with Crippen LogP contribution in [0.4, 0.5) is 14.7 Å². The molecule has 35 heavy (non-hydrogen) atoms. The van der Waals surface area contributed by atoms with Gasteiger partial charge >= 0.3 is 0 Å². The van der Waals surface area contributed by atoms with E-state index < -0.39 is 12.5 Å². The summed E-state index contributed by atoms with van der Waals surface area (Å²) in [5.41, 5.74) is 3.19. The van der Waals surface area contributed by atoms with Crippen molar-refractivity contribution in [2.75, 3.05) is 19.0 Å². The number of rotatable bonds is 8. The summed E-state index contributed by atoms with van der Waals surface area (Å²) in [5.74, 6) is -1.55. The molecule has 5 rings (SSSR count). The molecule has 0 saturated heterocycles. The molecule has 6 nitrogen and oxygen atoms in total. The number of nitrogens with zero attached hydrogens (tertiary/aromatic N) is 3. The summed E-state index contributed by atoms with van der Waals surface area (Å²) in [6, 6.07) is 15.1. The molecule has 2 aromatic heterocycles. The fourth-order valence-electron chi connectivity index (χ4n) is 4.06. The summed E-state index contributed by atoms with van der Waals surface area (Å²) in [4.78, 5) is 22.5. The lowest BCUT2D eigenvalue weighted by molar-refractivity contribution is 0.0114. The highest BCUT2D eigenvalue weighted by Crippen LogP contribution is 2.40.